The van der Waals surface area contributed by atoms with E-state index < -0.39 is 0 Å². The summed E-state index contributed by atoms with van der Waals surface area (Å²) in [4.78, 5) is 0. The standard InChI is InChI=1S/C8H13NO/c1-8(2,3)4-7-5-9-10-6-7/h5-6H,4H2,1-3H3. The Kier molecular flexibility index (Phi) is 1.79. The fraction of sp³-hybridized carbons (Fsp3) is 0.625. The van der Waals surface area contributed by atoms with Crippen molar-refractivity contribution in [2.45, 2.75) is 27.2 Å². The van der Waals surface area contributed by atoms with E-state index in [2.05, 4.69) is 25.9 Å². The Balaban J connectivity index is 2.57. The van der Waals surface area contributed by atoms with Gasteiger partial charge in [-0.05, 0) is 11.8 Å². The van der Waals surface area contributed by atoms with Crippen molar-refractivity contribution in [2.24, 2.45) is 5.41 Å². The molecule has 2 heteroatoms. The third kappa shape index (κ3) is 2.21. The van der Waals surface area contributed by atoms with Crippen molar-refractivity contribution in [1.29, 1.82) is 0 Å². The predicted octanol–water partition coefficient (Wildman–Crippen LogP) is 2.26. The van der Waals surface area contributed by atoms with Crippen LogP contribution in [0.3, 0.4) is 0 Å². The van der Waals surface area contributed by atoms with Crippen molar-refractivity contribution >= 4 is 0 Å². The predicted molar refractivity (Wildman–Crippen MR) is 39.7 cm³/mol. The van der Waals surface area contributed by atoms with E-state index in [0.717, 1.165) is 6.42 Å². The zero-order valence-electron chi connectivity index (χ0n) is 6.72. The van der Waals surface area contributed by atoms with Crippen LogP contribution < -0.4 is 0 Å². The van der Waals surface area contributed by atoms with E-state index in [1.165, 1.54) is 5.56 Å². The van der Waals surface area contributed by atoms with Gasteiger partial charge in [-0.25, -0.2) is 0 Å². The maximum atomic E-state index is 4.71. The third-order valence-corrected chi connectivity index (χ3v) is 1.22. The van der Waals surface area contributed by atoms with Gasteiger partial charge in [-0.1, -0.05) is 25.9 Å². The van der Waals surface area contributed by atoms with Gasteiger partial charge >= 0.3 is 0 Å². The van der Waals surface area contributed by atoms with Crippen molar-refractivity contribution in [2.75, 3.05) is 0 Å². The highest BCUT2D eigenvalue weighted by Gasteiger charge is 2.11. The number of rotatable bonds is 1. The molecule has 0 fully saturated rings. The van der Waals surface area contributed by atoms with Gasteiger partial charge in [0.1, 0.15) is 6.26 Å². The summed E-state index contributed by atoms with van der Waals surface area (Å²) in [6.45, 7) is 6.58. The van der Waals surface area contributed by atoms with E-state index in [-0.39, 0.29) is 0 Å². The quantitative estimate of drug-likeness (QED) is 0.596. The highest BCUT2D eigenvalue weighted by Crippen LogP contribution is 2.19. The second-order valence-corrected chi connectivity index (χ2v) is 3.77. The minimum absolute atomic E-state index is 0.325. The van der Waals surface area contributed by atoms with E-state index in [1.54, 1.807) is 12.5 Å². The minimum Gasteiger partial charge on any atom is -0.364 e. The molecule has 0 aromatic carbocycles. The molecule has 10 heavy (non-hydrogen) atoms. The third-order valence-electron chi connectivity index (χ3n) is 1.22. The number of hydrogen-bond acceptors (Lipinski definition) is 2. The molecule has 1 aromatic rings. The summed E-state index contributed by atoms with van der Waals surface area (Å²) < 4.78 is 4.71. The Bertz CT molecular complexity index is 184. The topological polar surface area (TPSA) is 26.0 Å². The number of hydrogen-bond donors (Lipinski definition) is 0. The summed E-state index contributed by atoms with van der Waals surface area (Å²) in [5.41, 5.74) is 1.50. The molecule has 2 nitrogen and oxygen atoms in total. The Morgan fingerprint density at radius 1 is 1.50 bits per heavy atom. The molecule has 0 aliphatic carbocycles. The number of aromatic nitrogens is 1. The fourth-order valence-corrected chi connectivity index (χ4v) is 0.926. The van der Waals surface area contributed by atoms with Crippen LogP contribution in [0.5, 0.6) is 0 Å². The normalized spacial score (nSPS) is 11.9. The Morgan fingerprint density at radius 2 is 2.20 bits per heavy atom. The van der Waals surface area contributed by atoms with Crippen LogP contribution in [0.2, 0.25) is 0 Å². The molecule has 0 saturated heterocycles. The molecule has 0 saturated carbocycles. The van der Waals surface area contributed by atoms with Gasteiger partial charge in [-0.3, -0.25) is 0 Å². The second kappa shape index (κ2) is 2.45. The molecule has 0 aliphatic rings. The summed E-state index contributed by atoms with van der Waals surface area (Å²) in [6.07, 6.45) is 4.49. The van der Waals surface area contributed by atoms with E-state index in [0.29, 0.717) is 5.41 Å². The molecule has 0 radical (unpaired) electrons. The van der Waals surface area contributed by atoms with Crippen LogP contribution in [0.15, 0.2) is 17.0 Å². The molecular formula is C8H13NO. The first kappa shape index (κ1) is 7.32. The first-order valence-electron chi connectivity index (χ1n) is 3.46. The summed E-state index contributed by atoms with van der Waals surface area (Å²) in [7, 11) is 0. The van der Waals surface area contributed by atoms with Crippen LogP contribution in [0.25, 0.3) is 0 Å². The molecule has 0 spiro atoms. The van der Waals surface area contributed by atoms with Gasteiger partial charge in [0.05, 0.1) is 6.20 Å². The Labute approximate surface area is 61.2 Å². The van der Waals surface area contributed by atoms with Crippen LogP contribution >= 0.6 is 0 Å². The Hall–Kier alpha value is -0.790. The lowest BCUT2D eigenvalue weighted by Gasteiger charge is -2.15. The summed E-state index contributed by atoms with van der Waals surface area (Å²) in [5, 5.41) is 3.63. The highest BCUT2D eigenvalue weighted by molar-refractivity contribution is 5.02. The fourth-order valence-electron chi connectivity index (χ4n) is 0.926. The second-order valence-electron chi connectivity index (χ2n) is 3.77. The minimum atomic E-state index is 0.325. The van der Waals surface area contributed by atoms with Gasteiger partial charge in [0, 0.05) is 5.56 Å². The van der Waals surface area contributed by atoms with Crippen molar-refractivity contribution in [1.82, 2.24) is 5.16 Å². The van der Waals surface area contributed by atoms with E-state index in [9.17, 15) is 0 Å². The van der Waals surface area contributed by atoms with Gasteiger partial charge in [-0.15, -0.1) is 0 Å². The molecule has 0 bridgehead atoms. The maximum Gasteiger partial charge on any atom is 0.127 e. The van der Waals surface area contributed by atoms with Gasteiger partial charge in [0.15, 0.2) is 0 Å². The average molecular weight is 139 g/mol. The molecule has 0 unspecified atom stereocenters. The van der Waals surface area contributed by atoms with E-state index in [1.807, 2.05) is 0 Å². The molecule has 0 N–H and O–H groups in total. The Morgan fingerprint density at radius 3 is 2.60 bits per heavy atom. The zero-order valence-corrected chi connectivity index (χ0v) is 6.72. The average Bonchev–Trinajstić information content (AvgIpc) is 2.12. The molecular weight excluding hydrogens is 126 g/mol. The monoisotopic (exact) mass is 139 g/mol. The molecule has 56 valence electrons. The van der Waals surface area contributed by atoms with Crippen molar-refractivity contribution in [3.05, 3.63) is 18.0 Å². The smallest absolute Gasteiger partial charge is 0.127 e. The molecule has 1 rings (SSSR count). The summed E-state index contributed by atoms with van der Waals surface area (Å²) in [5.74, 6) is 0. The SMILES string of the molecule is CC(C)(C)Cc1cnoc1. The summed E-state index contributed by atoms with van der Waals surface area (Å²) >= 11 is 0. The highest BCUT2D eigenvalue weighted by atomic mass is 16.5. The number of nitrogens with zero attached hydrogens (tertiary/aromatic N) is 1. The largest absolute Gasteiger partial charge is 0.364 e. The van der Waals surface area contributed by atoms with Crippen LogP contribution in [-0.4, -0.2) is 5.16 Å². The van der Waals surface area contributed by atoms with Crippen molar-refractivity contribution < 1.29 is 4.52 Å². The zero-order chi connectivity index (χ0) is 7.61. The maximum absolute atomic E-state index is 4.71. The lowest BCUT2D eigenvalue weighted by Crippen LogP contribution is -2.08. The van der Waals surface area contributed by atoms with E-state index >= 15 is 0 Å². The van der Waals surface area contributed by atoms with Gasteiger partial charge in [0.25, 0.3) is 0 Å². The van der Waals surface area contributed by atoms with Gasteiger partial charge < -0.3 is 4.52 Å². The van der Waals surface area contributed by atoms with Crippen LogP contribution in [0.1, 0.15) is 26.3 Å². The van der Waals surface area contributed by atoms with Crippen molar-refractivity contribution in [3.63, 3.8) is 0 Å². The first-order chi connectivity index (χ1) is 4.58. The van der Waals surface area contributed by atoms with Crippen LogP contribution in [0, 0.1) is 5.41 Å². The van der Waals surface area contributed by atoms with Crippen LogP contribution in [-0.2, 0) is 6.42 Å². The molecule has 1 aromatic heterocycles. The van der Waals surface area contributed by atoms with E-state index in [4.69, 9.17) is 4.52 Å². The first-order valence-corrected chi connectivity index (χ1v) is 3.46. The summed E-state index contributed by atoms with van der Waals surface area (Å²) in [6, 6.07) is 0. The molecule has 0 atom stereocenters. The van der Waals surface area contributed by atoms with Crippen molar-refractivity contribution in [3.8, 4) is 0 Å². The molecule has 0 aliphatic heterocycles. The lowest BCUT2D eigenvalue weighted by atomic mass is 9.90. The lowest BCUT2D eigenvalue weighted by molar-refractivity contribution is 0.400. The molecule has 0 amide bonds. The van der Waals surface area contributed by atoms with Gasteiger partial charge in [-0.2, -0.15) is 0 Å². The van der Waals surface area contributed by atoms with Gasteiger partial charge in [0.2, 0.25) is 0 Å². The van der Waals surface area contributed by atoms with Crippen LogP contribution in [0.4, 0.5) is 0 Å². The molecule has 1 heterocycles.